The van der Waals surface area contributed by atoms with E-state index in [1.807, 2.05) is 145 Å². The fourth-order valence-corrected chi connectivity index (χ4v) is 9.39. The Labute approximate surface area is 694 Å². The lowest BCUT2D eigenvalue weighted by Crippen LogP contribution is -2.23. The van der Waals surface area contributed by atoms with Crippen LogP contribution in [0.15, 0.2) is 54.1 Å². The number of aliphatic hydroxyl groups excluding tert-OH is 7. The maximum absolute atomic E-state index is 10.6. The molecule has 682 valence electrons. The van der Waals surface area contributed by atoms with Crippen LogP contribution < -0.4 is 0 Å². The Kier molecular flexibility index (Phi) is 125. The van der Waals surface area contributed by atoms with Crippen LogP contribution in [-0.4, -0.2) is 332 Å². The van der Waals surface area contributed by atoms with Gasteiger partial charge >= 0.3 is 35.8 Å². The molecule has 0 bridgehead atoms. The summed E-state index contributed by atoms with van der Waals surface area (Å²) in [5, 5.41) is 117. The van der Waals surface area contributed by atoms with E-state index in [0.717, 1.165) is 136 Å². The van der Waals surface area contributed by atoms with E-state index in [2.05, 4.69) is 20.8 Å². The second-order valence-corrected chi connectivity index (χ2v) is 29.8. The van der Waals surface area contributed by atoms with Crippen LogP contribution in [0.2, 0.25) is 0 Å². The number of phenolic OH excluding ortho intramolecular Hbond substituents is 1. The molecule has 0 spiro atoms. The normalized spacial score (nSPS) is 11.8. The van der Waals surface area contributed by atoms with Crippen molar-refractivity contribution in [1.82, 2.24) is 34.3 Å². The van der Waals surface area contributed by atoms with Crippen molar-refractivity contribution < 1.29 is 100 Å². The first-order chi connectivity index (χ1) is 54.0. The van der Waals surface area contributed by atoms with Crippen molar-refractivity contribution in [1.29, 1.82) is 0 Å². The lowest BCUT2D eigenvalue weighted by atomic mass is 9.90. The molecule has 1 aromatic carbocycles. The first kappa shape index (κ1) is 129. The average Bonchev–Trinajstić information content (AvgIpc) is 0.953. The summed E-state index contributed by atoms with van der Waals surface area (Å²) in [7, 11) is 27.0. The van der Waals surface area contributed by atoms with Gasteiger partial charge in [-0.05, 0) is 175 Å². The van der Waals surface area contributed by atoms with Gasteiger partial charge in [0.1, 0.15) is 5.75 Å². The van der Waals surface area contributed by atoms with Gasteiger partial charge in [0, 0.05) is 63.9 Å². The van der Waals surface area contributed by atoms with Crippen molar-refractivity contribution >= 4 is 35.8 Å². The summed E-state index contributed by atoms with van der Waals surface area (Å²) in [6.07, 6.45) is 47.2. The number of hydrogen-bond acceptors (Lipinski definition) is 21. The number of carboxylic acids is 6. The summed E-state index contributed by atoms with van der Waals surface area (Å²) < 4.78 is 0. The maximum Gasteiger partial charge on any atom is 0.331 e. The van der Waals surface area contributed by atoms with Gasteiger partial charge in [-0.25, -0.2) is 9.59 Å². The molecule has 0 saturated heterocycles. The van der Waals surface area contributed by atoms with Gasteiger partial charge in [0.15, 0.2) is 5.92 Å². The van der Waals surface area contributed by atoms with Crippen LogP contribution in [0, 0.1) is 11.8 Å². The molecule has 0 aliphatic heterocycles. The second-order valence-electron chi connectivity index (χ2n) is 29.8. The van der Waals surface area contributed by atoms with E-state index in [9.17, 15) is 28.8 Å². The first-order valence-corrected chi connectivity index (χ1v) is 42.3. The van der Waals surface area contributed by atoms with Gasteiger partial charge in [-0.3, -0.25) is 19.2 Å². The van der Waals surface area contributed by atoms with Crippen LogP contribution in [0.5, 0.6) is 5.75 Å². The number of aliphatic hydroxyl groups is 7. The Morgan fingerprint density at radius 2 is 0.684 bits per heavy atom. The molecule has 2 aliphatic rings. The molecule has 3 rings (SSSR count). The fraction of sp³-hybridized carbons (Fsp3) is 0.816. The Bertz CT molecular complexity index is 2030. The number of likely N-dealkylation sites (N-methyl/N-ethyl adjacent to an activating group) is 7. The number of hydrogen-bond donors (Lipinski definition) is 14. The number of carboxylic acid groups (broad SMARTS) is 6. The van der Waals surface area contributed by atoms with Gasteiger partial charge in [-0.2, -0.15) is 0 Å². The molecule has 114 heavy (non-hydrogen) atoms. The van der Waals surface area contributed by atoms with Crippen LogP contribution in [0.4, 0.5) is 0 Å². The highest BCUT2D eigenvalue weighted by molar-refractivity contribution is 5.92. The number of aromatic hydroxyl groups is 1. The summed E-state index contributed by atoms with van der Waals surface area (Å²) >= 11 is 0. The Morgan fingerprint density at radius 3 is 0.886 bits per heavy atom. The van der Waals surface area contributed by atoms with Crippen molar-refractivity contribution in [3.8, 4) is 5.75 Å². The van der Waals surface area contributed by atoms with E-state index in [4.69, 9.17) is 71.5 Å². The van der Waals surface area contributed by atoms with Crippen LogP contribution in [-0.2, 0) is 28.8 Å². The standard InChI is InChI=1S/C14H26O4.C13H24O2.C12H24O2.C7H12O2.C7H10O2.C6H6O.7C4H11NO/c1-2-3-4-5-6-7-8-9-10-11-12(13(15)16)14(17)18;1-2-3-4-5-6-7-8-9-10-11-12-13(14)15;1-2-3-4-5-6-7-8-9-10-11-12(13)14;2*8-7(9)6-4-2-1-3-5-6;7-6-4-2-1-3-5-6;7*1-5(2)3-4-6/h12H,2-11H2,1H3,(H,15,16)(H,17,18);11-12H,2-10H2,1H3,(H,14,15);2-11H2,1H3,(H,13,14);6H,1-5H2,(H,8,9);4H,1-3,5H2,(H,8,9);1-5,7H;7*6H,3-4H2,1-2H3. The number of para-hydroxylation sites is 1. The van der Waals surface area contributed by atoms with Gasteiger partial charge in [-0.15, -0.1) is 0 Å². The first-order valence-electron chi connectivity index (χ1n) is 42.3. The summed E-state index contributed by atoms with van der Waals surface area (Å²) in [6, 6.07) is 8.71. The highest BCUT2D eigenvalue weighted by Gasteiger charge is 2.24. The average molecular weight is 1640 g/mol. The van der Waals surface area contributed by atoms with Gasteiger partial charge in [-0.1, -0.05) is 224 Å². The van der Waals surface area contributed by atoms with Crippen molar-refractivity contribution in [3.63, 3.8) is 0 Å². The lowest BCUT2D eigenvalue weighted by Gasteiger charge is -2.16. The Morgan fingerprint density at radius 1 is 0.386 bits per heavy atom. The number of benzene rings is 1. The van der Waals surface area contributed by atoms with Crippen LogP contribution in [0.1, 0.15) is 265 Å². The smallest absolute Gasteiger partial charge is 0.331 e. The number of allylic oxidation sites excluding steroid dienone is 2. The SMILES string of the molecule is CCCCCCCCCCC=CC(=O)O.CCCCCCCCCCCC(=O)O.CCCCCCCCCCCC(C(=O)O)C(=O)O.CN(C)CCO.CN(C)CCO.CN(C)CCO.CN(C)CCO.CN(C)CCO.CN(C)CCO.CN(C)CCO.O=C(O)C1=CCCCC1.O=C(O)C1CCCCC1.Oc1ccccc1. The van der Waals surface area contributed by atoms with Gasteiger partial charge in [0.05, 0.1) is 52.2 Å². The third-order valence-corrected chi connectivity index (χ3v) is 16.3. The molecule has 1 saturated carbocycles. The molecule has 0 heterocycles. The van der Waals surface area contributed by atoms with Crippen LogP contribution in [0.3, 0.4) is 0 Å². The zero-order chi connectivity index (χ0) is 89.2. The molecule has 0 aromatic heterocycles. The molecule has 27 heteroatoms. The number of phenols is 1. The Balaban J connectivity index is -0.000000131. The van der Waals surface area contributed by atoms with Crippen LogP contribution in [0.25, 0.3) is 0 Å². The highest BCUT2D eigenvalue weighted by Crippen LogP contribution is 2.23. The van der Waals surface area contributed by atoms with E-state index in [-0.39, 0.29) is 58.6 Å². The van der Waals surface area contributed by atoms with E-state index in [0.29, 0.717) is 24.2 Å². The third-order valence-electron chi connectivity index (χ3n) is 16.3. The highest BCUT2D eigenvalue weighted by atomic mass is 16.4. The minimum Gasteiger partial charge on any atom is -0.508 e. The van der Waals surface area contributed by atoms with E-state index >= 15 is 0 Å². The number of nitrogens with zero attached hydrogens (tertiary/aromatic N) is 7. The van der Waals surface area contributed by atoms with Crippen molar-refractivity contribution in [2.75, 3.05) is 191 Å². The zero-order valence-electron chi connectivity index (χ0n) is 75.4. The van der Waals surface area contributed by atoms with Crippen LogP contribution >= 0.6 is 0 Å². The second kappa shape index (κ2) is 110. The predicted octanol–water partition coefficient (Wildman–Crippen LogP) is 13.2. The van der Waals surface area contributed by atoms with E-state index in [1.165, 1.54) is 141 Å². The molecule has 0 atom stereocenters. The molecule has 1 aromatic rings. The third kappa shape index (κ3) is 148. The van der Waals surface area contributed by atoms with Gasteiger partial charge in [0.2, 0.25) is 0 Å². The quantitative estimate of drug-likeness (QED) is 0.0164. The largest absolute Gasteiger partial charge is 0.508 e. The molecular formula is C87H179N7O20. The number of rotatable bonds is 48. The molecular weight excluding hydrogens is 1460 g/mol. The van der Waals surface area contributed by atoms with Gasteiger partial charge < -0.3 is 106 Å². The molecule has 0 radical (unpaired) electrons. The Hall–Kier alpha value is -5.24. The lowest BCUT2D eigenvalue weighted by molar-refractivity contribution is -0.155. The van der Waals surface area contributed by atoms with Crippen molar-refractivity contribution in [2.24, 2.45) is 11.8 Å². The summed E-state index contributed by atoms with van der Waals surface area (Å²) in [5.41, 5.74) is 0.598. The molecule has 27 nitrogen and oxygen atoms in total. The fourth-order valence-electron chi connectivity index (χ4n) is 9.39. The maximum atomic E-state index is 10.6. The van der Waals surface area contributed by atoms with E-state index < -0.39 is 41.7 Å². The number of aliphatic carboxylic acids is 6. The van der Waals surface area contributed by atoms with E-state index in [1.54, 1.807) is 30.3 Å². The van der Waals surface area contributed by atoms with Crippen molar-refractivity contribution in [3.05, 3.63) is 54.1 Å². The minimum absolute atomic E-state index is 0.0289. The topological polar surface area (TPSA) is 408 Å². The molecule has 14 N–H and O–H groups in total. The molecule has 2 aliphatic carbocycles. The molecule has 0 amide bonds. The van der Waals surface area contributed by atoms with Crippen molar-refractivity contribution in [2.45, 2.75) is 265 Å². The summed E-state index contributed by atoms with van der Waals surface area (Å²) in [4.78, 5) is 75.8. The van der Waals surface area contributed by atoms with Gasteiger partial charge in [0.25, 0.3) is 0 Å². The minimum atomic E-state index is -1.23. The zero-order valence-corrected chi connectivity index (χ0v) is 75.4. The monoisotopic (exact) mass is 1640 g/mol. The molecule has 1 fully saturated rings. The number of unbranched alkanes of at least 4 members (excludes halogenated alkanes) is 24. The number of carbonyl (C=O) groups is 6. The predicted molar refractivity (Wildman–Crippen MR) is 470 cm³/mol. The molecule has 0 unspecified atom stereocenters. The summed E-state index contributed by atoms with van der Waals surface area (Å²) in [5.74, 6) is -6.22. The summed E-state index contributed by atoms with van der Waals surface area (Å²) in [6.45, 7) is 13.8.